The number of nitrogens with one attached hydrogen (secondary N) is 2. The predicted molar refractivity (Wildman–Crippen MR) is 71.1 cm³/mol. The van der Waals surface area contributed by atoms with Crippen LogP contribution in [0.2, 0.25) is 0 Å². The fourth-order valence-corrected chi connectivity index (χ4v) is 2.08. The number of aliphatic carboxylic acids is 1. The number of hydrogen-bond donors (Lipinski definition) is 3. The van der Waals surface area contributed by atoms with Crippen molar-refractivity contribution in [3.63, 3.8) is 0 Å². The second-order valence-corrected chi connectivity index (χ2v) is 4.88. The highest BCUT2D eigenvalue weighted by molar-refractivity contribution is 7.12. The van der Waals surface area contributed by atoms with Crippen LogP contribution in [-0.4, -0.2) is 35.5 Å². The Kier molecular flexibility index (Phi) is 6.01. The Bertz CT molecular complexity index is 445. The van der Waals surface area contributed by atoms with Crippen LogP contribution in [0.15, 0.2) is 17.5 Å². The van der Waals surface area contributed by atoms with Gasteiger partial charge in [0.15, 0.2) is 0 Å². The zero-order valence-corrected chi connectivity index (χ0v) is 11.3. The monoisotopic (exact) mass is 284 g/mol. The van der Waals surface area contributed by atoms with E-state index in [4.69, 9.17) is 5.11 Å². The number of carbonyl (C=O) groups excluding carboxylic acids is 2. The molecule has 7 heteroatoms. The number of carboxylic acid groups (broad SMARTS) is 1. The van der Waals surface area contributed by atoms with Gasteiger partial charge in [-0.2, -0.15) is 0 Å². The number of amides is 2. The van der Waals surface area contributed by atoms with Crippen molar-refractivity contribution >= 4 is 29.1 Å². The highest BCUT2D eigenvalue weighted by Gasteiger charge is 2.15. The van der Waals surface area contributed by atoms with E-state index < -0.39 is 17.9 Å². The van der Waals surface area contributed by atoms with E-state index >= 15 is 0 Å². The Balaban J connectivity index is 2.34. The van der Waals surface area contributed by atoms with E-state index in [-0.39, 0.29) is 18.9 Å². The quantitative estimate of drug-likeness (QED) is 0.691. The summed E-state index contributed by atoms with van der Waals surface area (Å²) < 4.78 is 0. The summed E-state index contributed by atoms with van der Waals surface area (Å²) in [6.45, 7) is 1.63. The lowest BCUT2D eigenvalue weighted by molar-refractivity contribution is -0.137. The van der Waals surface area contributed by atoms with Gasteiger partial charge in [-0.05, 0) is 17.9 Å². The van der Waals surface area contributed by atoms with Crippen LogP contribution >= 0.6 is 11.3 Å². The third-order valence-corrected chi connectivity index (χ3v) is 3.30. The van der Waals surface area contributed by atoms with E-state index in [2.05, 4.69) is 10.6 Å². The van der Waals surface area contributed by atoms with Crippen molar-refractivity contribution < 1.29 is 19.5 Å². The van der Waals surface area contributed by atoms with E-state index in [9.17, 15) is 14.4 Å². The van der Waals surface area contributed by atoms with Crippen molar-refractivity contribution in [2.75, 3.05) is 6.54 Å². The molecule has 6 nitrogen and oxygen atoms in total. The zero-order valence-electron chi connectivity index (χ0n) is 10.5. The second-order valence-electron chi connectivity index (χ2n) is 3.93. The van der Waals surface area contributed by atoms with Crippen molar-refractivity contribution in [2.45, 2.75) is 25.8 Å². The van der Waals surface area contributed by atoms with Crippen molar-refractivity contribution in [1.82, 2.24) is 10.6 Å². The van der Waals surface area contributed by atoms with Crippen LogP contribution in [0.25, 0.3) is 0 Å². The second kappa shape index (κ2) is 7.52. The lowest BCUT2D eigenvalue weighted by Gasteiger charge is -2.14. The molecule has 1 rings (SSSR count). The summed E-state index contributed by atoms with van der Waals surface area (Å²) in [5.74, 6) is -1.66. The topological polar surface area (TPSA) is 95.5 Å². The van der Waals surface area contributed by atoms with Crippen molar-refractivity contribution in [2.24, 2.45) is 0 Å². The highest BCUT2D eigenvalue weighted by Crippen LogP contribution is 2.07. The molecule has 0 aromatic carbocycles. The molecule has 19 heavy (non-hydrogen) atoms. The van der Waals surface area contributed by atoms with Gasteiger partial charge in [0.25, 0.3) is 5.91 Å². The maximum atomic E-state index is 11.6. The van der Waals surface area contributed by atoms with Gasteiger partial charge in [-0.25, -0.2) is 0 Å². The Labute approximate surface area is 114 Å². The molecule has 0 bridgehead atoms. The van der Waals surface area contributed by atoms with Gasteiger partial charge in [0.2, 0.25) is 5.91 Å². The Morgan fingerprint density at radius 2 is 2.16 bits per heavy atom. The molecule has 0 aliphatic rings. The molecule has 1 heterocycles. The predicted octanol–water partition coefficient (Wildman–Crippen LogP) is 0.847. The minimum absolute atomic E-state index is 0.124. The Morgan fingerprint density at radius 3 is 2.68 bits per heavy atom. The van der Waals surface area contributed by atoms with E-state index in [1.807, 2.05) is 0 Å². The molecule has 3 N–H and O–H groups in total. The third-order valence-electron chi connectivity index (χ3n) is 2.43. The molecular weight excluding hydrogens is 268 g/mol. The Hall–Kier alpha value is -1.89. The molecule has 104 valence electrons. The summed E-state index contributed by atoms with van der Waals surface area (Å²) in [5.41, 5.74) is 0. The maximum Gasteiger partial charge on any atom is 0.305 e. The summed E-state index contributed by atoms with van der Waals surface area (Å²) in [7, 11) is 0. The minimum atomic E-state index is -0.963. The van der Waals surface area contributed by atoms with Gasteiger partial charge in [0.05, 0.1) is 17.8 Å². The first-order valence-corrected chi connectivity index (χ1v) is 6.73. The zero-order chi connectivity index (χ0) is 14.3. The minimum Gasteiger partial charge on any atom is -0.481 e. The molecule has 1 aromatic rings. The van der Waals surface area contributed by atoms with Crippen LogP contribution in [0, 0.1) is 0 Å². The fraction of sp³-hybridized carbons (Fsp3) is 0.417. The fourth-order valence-electron chi connectivity index (χ4n) is 1.44. The maximum absolute atomic E-state index is 11.6. The van der Waals surface area contributed by atoms with Gasteiger partial charge in [-0.15, -0.1) is 11.3 Å². The average Bonchev–Trinajstić information content (AvgIpc) is 2.88. The van der Waals surface area contributed by atoms with Crippen LogP contribution in [-0.2, 0) is 9.59 Å². The molecule has 1 aromatic heterocycles. The number of thiophene rings is 1. The first-order chi connectivity index (χ1) is 9.02. The smallest absolute Gasteiger partial charge is 0.305 e. The number of rotatable bonds is 7. The first kappa shape index (κ1) is 15.2. The summed E-state index contributed by atoms with van der Waals surface area (Å²) in [5, 5.41) is 15.5. The van der Waals surface area contributed by atoms with E-state index in [1.165, 1.54) is 11.3 Å². The summed E-state index contributed by atoms with van der Waals surface area (Å²) in [4.78, 5) is 34.2. The number of carbonyl (C=O) groups is 3. The SMILES string of the molecule is CCC(CC(=O)O)NC(=O)CNC(=O)c1cccs1. The first-order valence-electron chi connectivity index (χ1n) is 5.85. The molecule has 0 fully saturated rings. The van der Waals surface area contributed by atoms with Crippen molar-refractivity contribution in [3.8, 4) is 0 Å². The number of carboxylic acids is 1. The van der Waals surface area contributed by atoms with Crippen LogP contribution in [0.5, 0.6) is 0 Å². The van der Waals surface area contributed by atoms with E-state index in [1.54, 1.807) is 24.4 Å². The van der Waals surface area contributed by atoms with E-state index in [0.29, 0.717) is 11.3 Å². The van der Waals surface area contributed by atoms with Crippen LogP contribution in [0.3, 0.4) is 0 Å². The average molecular weight is 284 g/mol. The summed E-state index contributed by atoms with van der Waals surface area (Å²) in [6, 6.07) is 3.00. The van der Waals surface area contributed by atoms with Crippen LogP contribution in [0.4, 0.5) is 0 Å². The molecule has 0 spiro atoms. The molecule has 0 saturated carbocycles. The molecule has 0 aliphatic carbocycles. The normalized spacial score (nSPS) is 11.6. The molecule has 0 aliphatic heterocycles. The van der Waals surface area contributed by atoms with Gasteiger partial charge < -0.3 is 15.7 Å². The van der Waals surface area contributed by atoms with Crippen LogP contribution in [0.1, 0.15) is 29.4 Å². The van der Waals surface area contributed by atoms with Gasteiger partial charge >= 0.3 is 5.97 Å². The number of hydrogen-bond acceptors (Lipinski definition) is 4. The lowest BCUT2D eigenvalue weighted by Crippen LogP contribution is -2.42. The molecule has 0 saturated heterocycles. The van der Waals surface area contributed by atoms with Gasteiger partial charge in [0.1, 0.15) is 0 Å². The Morgan fingerprint density at radius 1 is 1.42 bits per heavy atom. The molecule has 1 atom stereocenters. The molecule has 0 radical (unpaired) electrons. The standard InChI is InChI=1S/C12H16N2O4S/c1-2-8(6-11(16)17)14-10(15)7-13-12(18)9-4-3-5-19-9/h3-5,8H,2,6-7H2,1H3,(H,13,18)(H,14,15)(H,16,17). The molecule has 2 amide bonds. The summed E-state index contributed by atoms with van der Waals surface area (Å²) in [6.07, 6.45) is 0.401. The third kappa shape index (κ3) is 5.52. The van der Waals surface area contributed by atoms with Crippen molar-refractivity contribution in [3.05, 3.63) is 22.4 Å². The van der Waals surface area contributed by atoms with Gasteiger partial charge in [-0.3, -0.25) is 14.4 Å². The molecular formula is C12H16N2O4S. The summed E-state index contributed by atoms with van der Waals surface area (Å²) >= 11 is 1.29. The van der Waals surface area contributed by atoms with Gasteiger partial charge in [0, 0.05) is 6.04 Å². The largest absolute Gasteiger partial charge is 0.481 e. The van der Waals surface area contributed by atoms with Crippen LogP contribution < -0.4 is 10.6 Å². The highest BCUT2D eigenvalue weighted by atomic mass is 32.1. The molecule has 1 unspecified atom stereocenters. The lowest BCUT2D eigenvalue weighted by atomic mass is 10.1. The van der Waals surface area contributed by atoms with Gasteiger partial charge in [-0.1, -0.05) is 13.0 Å². The van der Waals surface area contributed by atoms with Crippen molar-refractivity contribution in [1.29, 1.82) is 0 Å². The van der Waals surface area contributed by atoms with E-state index in [0.717, 1.165) is 0 Å².